The van der Waals surface area contributed by atoms with Crippen LogP contribution in [0.5, 0.6) is 0 Å². The SMILES string of the molecule is CCC(C)(C)Cc1ccc(Cc2ccc(C(=N)N)cc2C)s1. The molecule has 0 aliphatic heterocycles. The molecule has 1 aromatic heterocycles. The molecule has 3 N–H and O–H groups in total. The van der Waals surface area contributed by atoms with Crippen LogP contribution in [0.15, 0.2) is 30.3 Å². The first-order valence-corrected chi connectivity index (χ1v) is 8.64. The number of benzene rings is 1. The number of nitrogens with two attached hydrogens (primary N) is 1. The summed E-state index contributed by atoms with van der Waals surface area (Å²) in [5, 5.41) is 7.51. The number of thiophene rings is 1. The quantitative estimate of drug-likeness (QED) is 0.577. The van der Waals surface area contributed by atoms with Gasteiger partial charge in [0.15, 0.2) is 0 Å². The van der Waals surface area contributed by atoms with E-state index in [1.165, 1.54) is 27.3 Å². The van der Waals surface area contributed by atoms with E-state index < -0.39 is 0 Å². The van der Waals surface area contributed by atoms with Crippen molar-refractivity contribution in [3.63, 3.8) is 0 Å². The van der Waals surface area contributed by atoms with E-state index >= 15 is 0 Å². The molecule has 0 aliphatic carbocycles. The molecule has 118 valence electrons. The Morgan fingerprint density at radius 3 is 2.45 bits per heavy atom. The highest BCUT2D eigenvalue weighted by molar-refractivity contribution is 7.12. The lowest BCUT2D eigenvalue weighted by Gasteiger charge is -2.21. The summed E-state index contributed by atoms with van der Waals surface area (Å²) in [6.45, 7) is 9.01. The van der Waals surface area contributed by atoms with Crippen LogP contribution in [0.4, 0.5) is 0 Å². The van der Waals surface area contributed by atoms with Crippen molar-refractivity contribution in [3.8, 4) is 0 Å². The van der Waals surface area contributed by atoms with Crippen molar-refractivity contribution in [2.45, 2.75) is 47.0 Å². The van der Waals surface area contributed by atoms with Crippen LogP contribution >= 0.6 is 11.3 Å². The van der Waals surface area contributed by atoms with Crippen molar-refractivity contribution in [2.24, 2.45) is 11.1 Å². The van der Waals surface area contributed by atoms with Crippen LogP contribution in [-0.4, -0.2) is 5.84 Å². The summed E-state index contributed by atoms with van der Waals surface area (Å²) in [6, 6.07) is 10.6. The molecule has 22 heavy (non-hydrogen) atoms. The van der Waals surface area contributed by atoms with Crippen molar-refractivity contribution >= 4 is 17.2 Å². The average molecular weight is 314 g/mol. The maximum atomic E-state index is 7.51. The lowest BCUT2D eigenvalue weighted by Crippen LogP contribution is -2.12. The van der Waals surface area contributed by atoms with E-state index in [0.717, 1.165) is 18.4 Å². The van der Waals surface area contributed by atoms with Crippen LogP contribution in [0.3, 0.4) is 0 Å². The fourth-order valence-corrected chi connectivity index (χ4v) is 3.76. The molecule has 0 amide bonds. The molecule has 3 heteroatoms. The molecule has 0 unspecified atom stereocenters. The van der Waals surface area contributed by atoms with Gasteiger partial charge in [0, 0.05) is 21.7 Å². The third-order valence-electron chi connectivity index (χ3n) is 4.35. The van der Waals surface area contributed by atoms with Gasteiger partial charge in [0.2, 0.25) is 0 Å². The van der Waals surface area contributed by atoms with Crippen LogP contribution in [0.2, 0.25) is 0 Å². The summed E-state index contributed by atoms with van der Waals surface area (Å²) in [7, 11) is 0. The second-order valence-corrected chi connectivity index (χ2v) is 8.05. The zero-order valence-electron chi connectivity index (χ0n) is 14.0. The molecule has 0 bridgehead atoms. The summed E-state index contributed by atoms with van der Waals surface area (Å²) in [5.74, 6) is 0.134. The van der Waals surface area contributed by atoms with Crippen LogP contribution in [0.1, 0.15) is 53.6 Å². The van der Waals surface area contributed by atoms with Crippen molar-refractivity contribution in [1.29, 1.82) is 5.41 Å². The van der Waals surface area contributed by atoms with Crippen molar-refractivity contribution in [2.75, 3.05) is 0 Å². The molecule has 2 nitrogen and oxygen atoms in total. The van der Waals surface area contributed by atoms with Crippen LogP contribution in [-0.2, 0) is 12.8 Å². The zero-order chi connectivity index (χ0) is 16.3. The van der Waals surface area contributed by atoms with Gasteiger partial charge in [0.1, 0.15) is 5.84 Å². The fraction of sp³-hybridized carbons (Fsp3) is 0.421. The molecule has 0 atom stereocenters. The van der Waals surface area contributed by atoms with Gasteiger partial charge < -0.3 is 5.73 Å². The summed E-state index contributed by atoms with van der Waals surface area (Å²) in [5.41, 5.74) is 9.24. The minimum Gasteiger partial charge on any atom is -0.384 e. The largest absolute Gasteiger partial charge is 0.384 e. The maximum absolute atomic E-state index is 7.51. The Labute approximate surface area is 137 Å². The van der Waals surface area contributed by atoms with Gasteiger partial charge in [0.05, 0.1) is 0 Å². The van der Waals surface area contributed by atoms with Gasteiger partial charge in [-0.15, -0.1) is 11.3 Å². The summed E-state index contributed by atoms with van der Waals surface area (Å²) < 4.78 is 0. The summed E-state index contributed by atoms with van der Waals surface area (Å²) in [4.78, 5) is 2.88. The summed E-state index contributed by atoms with van der Waals surface area (Å²) in [6.07, 6.45) is 3.31. The monoisotopic (exact) mass is 314 g/mol. The van der Waals surface area contributed by atoms with Crippen molar-refractivity contribution in [1.82, 2.24) is 0 Å². The predicted octanol–water partition coefficient (Wildman–Crippen LogP) is 4.91. The Balaban J connectivity index is 2.12. The number of hydrogen-bond acceptors (Lipinski definition) is 2. The smallest absolute Gasteiger partial charge is 0.122 e. The highest BCUT2D eigenvalue weighted by Gasteiger charge is 2.17. The van der Waals surface area contributed by atoms with Gasteiger partial charge in [-0.1, -0.05) is 39.3 Å². The first-order valence-electron chi connectivity index (χ1n) is 7.82. The van der Waals surface area contributed by atoms with E-state index in [0.29, 0.717) is 5.41 Å². The van der Waals surface area contributed by atoms with Crippen molar-refractivity contribution in [3.05, 3.63) is 56.8 Å². The van der Waals surface area contributed by atoms with E-state index in [-0.39, 0.29) is 5.84 Å². The number of amidine groups is 1. The molecule has 0 saturated carbocycles. The van der Waals surface area contributed by atoms with Gasteiger partial charge >= 0.3 is 0 Å². The highest BCUT2D eigenvalue weighted by Crippen LogP contribution is 2.30. The van der Waals surface area contributed by atoms with Crippen LogP contribution in [0, 0.1) is 17.7 Å². The third kappa shape index (κ3) is 4.20. The van der Waals surface area contributed by atoms with E-state index in [1.54, 1.807) is 0 Å². The Morgan fingerprint density at radius 1 is 1.18 bits per heavy atom. The number of nitrogens with one attached hydrogen (secondary N) is 1. The molecule has 0 radical (unpaired) electrons. The second-order valence-electron chi connectivity index (χ2n) is 6.79. The standard InChI is InChI=1S/C19H26N2S/c1-5-19(3,4)12-17-9-8-16(22-17)11-14-6-7-15(18(20)21)10-13(14)2/h6-10H,5,11-12H2,1-4H3,(H3,20,21). The van der Waals surface area contributed by atoms with E-state index in [1.807, 2.05) is 23.5 Å². The van der Waals surface area contributed by atoms with E-state index in [4.69, 9.17) is 11.1 Å². The minimum absolute atomic E-state index is 0.134. The van der Waals surface area contributed by atoms with Crippen molar-refractivity contribution < 1.29 is 0 Å². The van der Waals surface area contributed by atoms with Gasteiger partial charge in [-0.25, -0.2) is 0 Å². The van der Waals surface area contributed by atoms with E-state index in [2.05, 4.69) is 45.9 Å². The molecule has 0 fully saturated rings. The van der Waals surface area contributed by atoms with Crippen LogP contribution < -0.4 is 5.73 Å². The Morgan fingerprint density at radius 2 is 1.86 bits per heavy atom. The number of hydrogen-bond donors (Lipinski definition) is 2. The molecule has 0 aliphatic rings. The number of aryl methyl sites for hydroxylation is 1. The molecule has 1 heterocycles. The topological polar surface area (TPSA) is 49.9 Å². The lowest BCUT2D eigenvalue weighted by molar-refractivity contribution is 0.352. The third-order valence-corrected chi connectivity index (χ3v) is 5.43. The number of rotatable bonds is 6. The Bertz CT molecular complexity index is 668. The number of nitrogen functional groups attached to an aromatic ring is 1. The summed E-state index contributed by atoms with van der Waals surface area (Å²) >= 11 is 1.92. The first kappa shape index (κ1) is 16.8. The normalized spacial score (nSPS) is 11.6. The molecule has 0 saturated heterocycles. The lowest BCUT2D eigenvalue weighted by atomic mass is 9.86. The van der Waals surface area contributed by atoms with Gasteiger partial charge in [0.25, 0.3) is 0 Å². The fourth-order valence-electron chi connectivity index (χ4n) is 2.46. The van der Waals surface area contributed by atoms with Gasteiger partial charge in [-0.3, -0.25) is 5.41 Å². The molecule has 1 aromatic carbocycles. The Hall–Kier alpha value is -1.61. The van der Waals surface area contributed by atoms with Gasteiger partial charge in [-0.2, -0.15) is 0 Å². The predicted molar refractivity (Wildman–Crippen MR) is 97.1 cm³/mol. The van der Waals surface area contributed by atoms with Crippen LogP contribution in [0.25, 0.3) is 0 Å². The molecular formula is C19H26N2S. The molecule has 0 spiro atoms. The zero-order valence-corrected chi connectivity index (χ0v) is 14.8. The minimum atomic E-state index is 0.134. The average Bonchev–Trinajstić information content (AvgIpc) is 2.87. The molecular weight excluding hydrogens is 288 g/mol. The Kier molecular flexibility index (Phi) is 5.07. The second kappa shape index (κ2) is 6.66. The maximum Gasteiger partial charge on any atom is 0.122 e. The first-order chi connectivity index (χ1) is 10.3. The molecule has 2 rings (SSSR count). The van der Waals surface area contributed by atoms with E-state index in [9.17, 15) is 0 Å². The highest BCUT2D eigenvalue weighted by atomic mass is 32.1. The molecule has 2 aromatic rings. The van der Waals surface area contributed by atoms with Gasteiger partial charge in [-0.05, 0) is 48.1 Å².